The second-order valence-corrected chi connectivity index (χ2v) is 7.03. The molecule has 1 N–H and O–H groups in total. The maximum Gasteiger partial charge on any atom is 0.257 e. The Hall–Kier alpha value is -2.47. The van der Waals surface area contributed by atoms with Crippen molar-refractivity contribution in [2.75, 3.05) is 37.4 Å². The zero-order valence-corrected chi connectivity index (χ0v) is 15.6. The fraction of sp³-hybridized carbons (Fsp3) is 0.368. The molecular formula is C19H22ClN3O3. The number of rotatable bonds is 4. The molecule has 1 saturated heterocycles. The van der Waals surface area contributed by atoms with Crippen molar-refractivity contribution in [1.82, 2.24) is 4.90 Å². The lowest BCUT2D eigenvalue weighted by Gasteiger charge is -2.32. The van der Waals surface area contributed by atoms with E-state index in [1.165, 1.54) is 12.5 Å². The number of amides is 2. The highest BCUT2D eigenvalue weighted by Gasteiger charge is 2.29. The smallest absolute Gasteiger partial charge is 0.257 e. The number of halogens is 1. The molecule has 1 aliphatic rings. The standard InChI is InChI=1S/C19H22ClN3O3/c1-22(2)17-15(20)6-3-7-16(17)21-18(24)13-5-4-9-23(11-13)19(25)14-8-10-26-12-14/h3,6-8,10,12-13H,4-5,9,11H2,1-2H3,(H,21,24). The first-order valence-electron chi connectivity index (χ1n) is 8.55. The van der Waals surface area contributed by atoms with Crippen molar-refractivity contribution in [2.24, 2.45) is 5.92 Å². The molecule has 0 aliphatic carbocycles. The van der Waals surface area contributed by atoms with Crippen LogP contribution in [0.5, 0.6) is 0 Å². The van der Waals surface area contributed by atoms with Gasteiger partial charge in [-0.05, 0) is 31.0 Å². The highest BCUT2D eigenvalue weighted by molar-refractivity contribution is 6.34. The average molecular weight is 376 g/mol. The Labute approximate surface area is 157 Å². The highest BCUT2D eigenvalue weighted by Crippen LogP contribution is 2.33. The van der Waals surface area contributed by atoms with Gasteiger partial charge in [0, 0.05) is 27.2 Å². The number of likely N-dealkylation sites (tertiary alicyclic amines) is 1. The molecule has 1 aromatic heterocycles. The van der Waals surface area contributed by atoms with Crippen molar-refractivity contribution in [1.29, 1.82) is 0 Å². The molecule has 0 bridgehead atoms. The maximum atomic E-state index is 12.8. The summed E-state index contributed by atoms with van der Waals surface area (Å²) in [6.45, 7) is 1.04. The quantitative estimate of drug-likeness (QED) is 0.888. The van der Waals surface area contributed by atoms with Gasteiger partial charge in [-0.15, -0.1) is 0 Å². The van der Waals surface area contributed by atoms with Gasteiger partial charge in [0.25, 0.3) is 5.91 Å². The molecule has 2 amide bonds. The molecular weight excluding hydrogens is 354 g/mol. The van der Waals surface area contributed by atoms with Crippen LogP contribution in [0.3, 0.4) is 0 Å². The summed E-state index contributed by atoms with van der Waals surface area (Å²) >= 11 is 6.26. The van der Waals surface area contributed by atoms with Crippen LogP contribution < -0.4 is 10.2 Å². The van der Waals surface area contributed by atoms with Gasteiger partial charge in [-0.3, -0.25) is 9.59 Å². The lowest BCUT2D eigenvalue weighted by atomic mass is 9.96. The van der Waals surface area contributed by atoms with Crippen LogP contribution in [0.1, 0.15) is 23.2 Å². The van der Waals surface area contributed by atoms with E-state index in [0.717, 1.165) is 18.5 Å². The lowest BCUT2D eigenvalue weighted by Crippen LogP contribution is -2.43. The Morgan fingerprint density at radius 2 is 2.12 bits per heavy atom. The molecule has 2 heterocycles. The van der Waals surface area contributed by atoms with Crippen molar-refractivity contribution >= 4 is 34.8 Å². The number of para-hydroxylation sites is 1. The molecule has 0 radical (unpaired) electrons. The zero-order valence-electron chi connectivity index (χ0n) is 14.9. The molecule has 3 rings (SSSR count). The Morgan fingerprint density at radius 1 is 1.31 bits per heavy atom. The second kappa shape index (κ2) is 7.83. The zero-order chi connectivity index (χ0) is 18.7. The topological polar surface area (TPSA) is 65.8 Å². The van der Waals surface area contributed by atoms with Gasteiger partial charge in [0.1, 0.15) is 6.26 Å². The number of carbonyl (C=O) groups excluding carboxylic acids is 2. The predicted octanol–water partition coefficient (Wildman–Crippen LogP) is 3.49. The van der Waals surface area contributed by atoms with Crippen molar-refractivity contribution in [3.05, 3.63) is 47.4 Å². The van der Waals surface area contributed by atoms with E-state index in [0.29, 0.717) is 29.4 Å². The Bertz CT molecular complexity index is 789. The van der Waals surface area contributed by atoms with Gasteiger partial charge < -0.3 is 19.5 Å². The van der Waals surface area contributed by atoms with E-state index in [1.807, 2.05) is 25.1 Å². The van der Waals surface area contributed by atoms with Crippen molar-refractivity contribution < 1.29 is 14.0 Å². The highest BCUT2D eigenvalue weighted by atomic mass is 35.5. The number of piperidine rings is 1. The van der Waals surface area contributed by atoms with E-state index in [9.17, 15) is 9.59 Å². The SMILES string of the molecule is CN(C)c1c(Cl)cccc1NC(=O)C1CCCN(C(=O)c2ccoc2)C1. The van der Waals surface area contributed by atoms with E-state index in [1.54, 1.807) is 23.1 Å². The van der Waals surface area contributed by atoms with E-state index >= 15 is 0 Å². The van der Waals surface area contributed by atoms with Crippen LogP contribution in [-0.2, 0) is 4.79 Å². The number of hydrogen-bond donors (Lipinski definition) is 1. The van der Waals surface area contributed by atoms with Crippen LogP contribution in [0.15, 0.2) is 41.2 Å². The van der Waals surface area contributed by atoms with E-state index < -0.39 is 0 Å². The molecule has 0 spiro atoms. The summed E-state index contributed by atoms with van der Waals surface area (Å²) in [7, 11) is 3.76. The molecule has 1 aliphatic heterocycles. The summed E-state index contributed by atoms with van der Waals surface area (Å²) < 4.78 is 4.98. The van der Waals surface area contributed by atoms with Gasteiger partial charge in [-0.1, -0.05) is 17.7 Å². The van der Waals surface area contributed by atoms with Gasteiger partial charge >= 0.3 is 0 Å². The third-order valence-electron chi connectivity index (χ3n) is 4.54. The molecule has 6 nitrogen and oxygen atoms in total. The van der Waals surface area contributed by atoms with Gasteiger partial charge in [-0.2, -0.15) is 0 Å². The second-order valence-electron chi connectivity index (χ2n) is 6.62. The molecule has 1 fully saturated rings. The Balaban J connectivity index is 1.71. The summed E-state index contributed by atoms with van der Waals surface area (Å²) in [5.74, 6) is -0.457. The third-order valence-corrected chi connectivity index (χ3v) is 4.84. The van der Waals surface area contributed by atoms with Crippen LogP contribution in [0.4, 0.5) is 11.4 Å². The number of anilines is 2. The van der Waals surface area contributed by atoms with Gasteiger partial charge in [-0.25, -0.2) is 0 Å². The monoisotopic (exact) mass is 375 g/mol. The maximum absolute atomic E-state index is 12.8. The summed E-state index contributed by atoms with van der Waals surface area (Å²) in [5, 5.41) is 3.55. The van der Waals surface area contributed by atoms with Gasteiger partial charge in [0.15, 0.2) is 0 Å². The predicted molar refractivity (Wildman–Crippen MR) is 102 cm³/mol. The van der Waals surface area contributed by atoms with E-state index in [-0.39, 0.29) is 17.7 Å². The number of nitrogens with zero attached hydrogens (tertiary/aromatic N) is 2. The summed E-state index contributed by atoms with van der Waals surface area (Å²) in [6, 6.07) is 7.07. The first kappa shape index (κ1) is 18.3. The van der Waals surface area contributed by atoms with Crippen LogP contribution in [0.2, 0.25) is 5.02 Å². The van der Waals surface area contributed by atoms with Crippen molar-refractivity contribution in [3.8, 4) is 0 Å². The van der Waals surface area contributed by atoms with Crippen LogP contribution in [-0.4, -0.2) is 43.9 Å². The largest absolute Gasteiger partial charge is 0.472 e. The number of benzene rings is 1. The number of furan rings is 1. The molecule has 0 saturated carbocycles. The Kier molecular flexibility index (Phi) is 5.52. The summed E-state index contributed by atoms with van der Waals surface area (Å²) in [6.07, 6.45) is 4.45. The van der Waals surface area contributed by atoms with Gasteiger partial charge in [0.2, 0.25) is 5.91 Å². The number of nitrogens with one attached hydrogen (secondary N) is 1. The molecule has 138 valence electrons. The van der Waals surface area contributed by atoms with Crippen LogP contribution in [0.25, 0.3) is 0 Å². The minimum Gasteiger partial charge on any atom is -0.472 e. The first-order valence-corrected chi connectivity index (χ1v) is 8.93. The summed E-state index contributed by atoms with van der Waals surface area (Å²) in [4.78, 5) is 28.8. The molecule has 1 atom stereocenters. The lowest BCUT2D eigenvalue weighted by molar-refractivity contribution is -0.121. The van der Waals surface area contributed by atoms with Gasteiger partial charge in [0.05, 0.1) is 34.1 Å². The average Bonchev–Trinajstić information content (AvgIpc) is 3.15. The normalized spacial score (nSPS) is 17.0. The number of hydrogen-bond acceptors (Lipinski definition) is 4. The van der Waals surface area contributed by atoms with E-state index in [2.05, 4.69) is 5.32 Å². The molecule has 26 heavy (non-hydrogen) atoms. The molecule has 1 aromatic carbocycles. The fourth-order valence-electron chi connectivity index (χ4n) is 3.25. The first-order chi connectivity index (χ1) is 12.5. The Morgan fingerprint density at radius 3 is 2.81 bits per heavy atom. The van der Waals surface area contributed by atoms with Crippen LogP contribution in [0, 0.1) is 5.92 Å². The van der Waals surface area contributed by atoms with E-state index in [4.69, 9.17) is 16.0 Å². The van der Waals surface area contributed by atoms with Crippen molar-refractivity contribution in [3.63, 3.8) is 0 Å². The minimum absolute atomic E-state index is 0.0972. The summed E-state index contributed by atoms with van der Waals surface area (Å²) in [5.41, 5.74) is 1.95. The fourth-order valence-corrected chi connectivity index (χ4v) is 3.59. The van der Waals surface area contributed by atoms with Crippen molar-refractivity contribution in [2.45, 2.75) is 12.8 Å². The van der Waals surface area contributed by atoms with Crippen LogP contribution >= 0.6 is 11.6 Å². The molecule has 7 heteroatoms. The minimum atomic E-state index is -0.256. The number of carbonyl (C=O) groups is 2. The molecule has 1 unspecified atom stereocenters. The third kappa shape index (κ3) is 3.85. The molecule has 2 aromatic rings.